The lowest BCUT2D eigenvalue weighted by Crippen LogP contribution is -2.36. The molecule has 0 fully saturated rings. The Kier molecular flexibility index (Phi) is 6.95. The zero-order valence-electron chi connectivity index (χ0n) is 13.3. The summed E-state index contributed by atoms with van der Waals surface area (Å²) in [7, 11) is 1.69. The summed E-state index contributed by atoms with van der Waals surface area (Å²) in [5, 5.41) is 2.61. The van der Waals surface area contributed by atoms with Crippen molar-refractivity contribution in [2.45, 2.75) is 20.5 Å². The van der Waals surface area contributed by atoms with Gasteiger partial charge in [-0.2, -0.15) is 0 Å². The van der Waals surface area contributed by atoms with E-state index in [1.165, 1.54) is 0 Å². The third-order valence-corrected chi connectivity index (χ3v) is 3.18. The number of nitrogens with zero attached hydrogens (tertiary/aromatic N) is 1. The van der Waals surface area contributed by atoms with Crippen LogP contribution in [0.3, 0.4) is 0 Å². The molecule has 0 aliphatic carbocycles. The summed E-state index contributed by atoms with van der Waals surface area (Å²) in [6.45, 7) is 4.50. The first-order valence-electron chi connectivity index (χ1n) is 7.07. The summed E-state index contributed by atoms with van der Waals surface area (Å²) in [4.78, 5) is 24.9. The molecule has 1 rings (SSSR count). The van der Waals surface area contributed by atoms with Gasteiger partial charge in [-0.3, -0.25) is 4.79 Å². The van der Waals surface area contributed by atoms with Crippen LogP contribution in [0.25, 0.3) is 0 Å². The molecule has 0 saturated heterocycles. The molecule has 2 amide bonds. The molecule has 0 bridgehead atoms. The van der Waals surface area contributed by atoms with Gasteiger partial charge in [-0.1, -0.05) is 18.2 Å². The number of hydrogen-bond donors (Lipinski definition) is 2. The van der Waals surface area contributed by atoms with Crippen LogP contribution in [0.1, 0.15) is 22.3 Å². The molecule has 0 unspecified atom stereocenters. The normalized spacial score (nSPS) is 11.0. The highest BCUT2D eigenvalue weighted by atomic mass is 16.5. The highest BCUT2D eigenvalue weighted by Crippen LogP contribution is 2.06. The monoisotopic (exact) mass is 309 g/mol. The summed E-state index contributed by atoms with van der Waals surface area (Å²) >= 11 is 0. The van der Waals surface area contributed by atoms with E-state index in [-0.39, 0.29) is 15.4 Å². The predicted molar refractivity (Wildman–Crippen MR) is 90.3 cm³/mol. The van der Waals surface area contributed by atoms with Crippen LogP contribution in [-0.4, -0.2) is 37.0 Å². The smallest absolute Gasteiger partial charge is 0.407 e. The molecule has 0 heterocycles. The van der Waals surface area contributed by atoms with Gasteiger partial charge in [0.1, 0.15) is 6.61 Å². The van der Waals surface area contributed by atoms with Gasteiger partial charge in [0.15, 0.2) is 0 Å². The second-order valence-corrected chi connectivity index (χ2v) is 4.94. The van der Waals surface area contributed by atoms with Crippen molar-refractivity contribution in [1.29, 1.82) is 0 Å². The first-order chi connectivity index (χ1) is 10.4. The molecular weight excluding hydrogens is 282 g/mol. The minimum absolute atomic E-state index is 0. The first-order valence-corrected chi connectivity index (χ1v) is 7.07. The van der Waals surface area contributed by atoms with Crippen molar-refractivity contribution in [3.05, 3.63) is 41.5 Å². The van der Waals surface area contributed by atoms with Crippen LogP contribution in [0.5, 0.6) is 0 Å². The third kappa shape index (κ3) is 5.87. The molecule has 0 atom stereocenters. The summed E-state index contributed by atoms with van der Waals surface area (Å²) in [6.07, 6.45) is 1.24. The van der Waals surface area contributed by atoms with Gasteiger partial charge in [0.2, 0.25) is 5.91 Å². The lowest BCUT2D eigenvalue weighted by atomic mass is 10.2. The van der Waals surface area contributed by atoms with E-state index in [2.05, 4.69) is 5.32 Å². The van der Waals surface area contributed by atoms with Crippen LogP contribution in [-0.2, 0) is 16.1 Å². The first kappa shape index (κ1) is 17.6. The standard InChI is InChI=1S/C16H23N3O3.2H2/c1-4-12(2)15(20)19(3)10-9-18-16(21)22-11-13-5-7-14(17)8-6-13;;/h4-8H,9-11,17H2,1-3H3,(H,18,21);2*1H. The fourth-order valence-corrected chi connectivity index (χ4v) is 1.67. The van der Waals surface area contributed by atoms with Crippen LogP contribution < -0.4 is 11.1 Å². The average Bonchev–Trinajstić information content (AvgIpc) is 2.52. The second kappa shape index (κ2) is 8.71. The maximum atomic E-state index is 11.8. The molecule has 6 heteroatoms. The third-order valence-electron chi connectivity index (χ3n) is 3.18. The van der Waals surface area contributed by atoms with Crippen molar-refractivity contribution in [3.63, 3.8) is 0 Å². The molecule has 0 radical (unpaired) electrons. The fourth-order valence-electron chi connectivity index (χ4n) is 1.67. The second-order valence-electron chi connectivity index (χ2n) is 4.94. The molecule has 0 saturated carbocycles. The zero-order chi connectivity index (χ0) is 16.5. The molecule has 0 aliphatic rings. The van der Waals surface area contributed by atoms with E-state index in [1.807, 2.05) is 6.92 Å². The van der Waals surface area contributed by atoms with Gasteiger partial charge >= 0.3 is 6.09 Å². The fraction of sp³-hybridized carbons (Fsp3) is 0.375. The molecule has 1 aromatic carbocycles. The number of carbonyl (C=O) groups is 2. The number of nitrogen functional groups attached to an aromatic ring is 1. The predicted octanol–water partition coefficient (Wildman–Crippen LogP) is 2.41. The number of anilines is 1. The van der Waals surface area contributed by atoms with E-state index in [0.29, 0.717) is 24.4 Å². The number of hydrogen-bond acceptors (Lipinski definition) is 4. The Hall–Kier alpha value is -2.50. The number of rotatable bonds is 6. The summed E-state index contributed by atoms with van der Waals surface area (Å²) in [5.74, 6) is -0.0560. The van der Waals surface area contributed by atoms with Crippen molar-refractivity contribution in [3.8, 4) is 0 Å². The minimum atomic E-state index is -0.513. The molecule has 0 spiro atoms. The molecule has 6 nitrogen and oxygen atoms in total. The van der Waals surface area contributed by atoms with Crippen LogP contribution in [0.4, 0.5) is 10.5 Å². The average molecular weight is 309 g/mol. The number of allylic oxidation sites excluding steroid dienone is 1. The largest absolute Gasteiger partial charge is 0.445 e. The number of benzene rings is 1. The maximum Gasteiger partial charge on any atom is 0.407 e. The quantitative estimate of drug-likeness (QED) is 0.624. The van der Waals surface area contributed by atoms with Gasteiger partial charge in [-0.05, 0) is 31.5 Å². The Labute approximate surface area is 133 Å². The SMILES string of the molecule is CC=C(C)C(=O)N(C)CCNC(=O)OCc1ccc(N)cc1.[HH].[HH]. The molecule has 3 N–H and O–H groups in total. The molecule has 124 valence electrons. The van der Waals surface area contributed by atoms with E-state index in [4.69, 9.17) is 10.5 Å². The molecule has 22 heavy (non-hydrogen) atoms. The highest BCUT2D eigenvalue weighted by molar-refractivity contribution is 5.92. The zero-order valence-corrected chi connectivity index (χ0v) is 13.3. The summed E-state index contributed by atoms with van der Waals surface area (Å²) in [6, 6.07) is 7.10. The number of alkyl carbamates (subject to hydrolysis) is 1. The molecular formula is C16H27N3O3. The van der Waals surface area contributed by atoms with Crippen molar-refractivity contribution >= 4 is 17.7 Å². The van der Waals surface area contributed by atoms with Gasteiger partial charge in [-0.25, -0.2) is 4.79 Å². The van der Waals surface area contributed by atoms with Crippen LogP contribution in [0.15, 0.2) is 35.9 Å². The maximum absolute atomic E-state index is 11.8. The topological polar surface area (TPSA) is 84.7 Å². The van der Waals surface area contributed by atoms with Crippen molar-refractivity contribution in [2.75, 3.05) is 25.9 Å². The Balaban J connectivity index is 0. The number of carbonyl (C=O) groups excluding carboxylic acids is 2. The lowest BCUT2D eigenvalue weighted by Gasteiger charge is -2.17. The van der Waals surface area contributed by atoms with Crippen molar-refractivity contribution in [2.24, 2.45) is 0 Å². The Morgan fingerprint density at radius 1 is 1.36 bits per heavy atom. The highest BCUT2D eigenvalue weighted by Gasteiger charge is 2.10. The molecule has 1 aromatic rings. The van der Waals surface area contributed by atoms with E-state index < -0.39 is 6.09 Å². The van der Waals surface area contributed by atoms with Gasteiger partial charge in [0, 0.05) is 34.3 Å². The van der Waals surface area contributed by atoms with E-state index in [1.54, 1.807) is 49.2 Å². The number of ether oxygens (including phenoxy) is 1. The molecule has 0 aliphatic heterocycles. The van der Waals surface area contributed by atoms with E-state index >= 15 is 0 Å². The Morgan fingerprint density at radius 3 is 2.59 bits per heavy atom. The van der Waals surface area contributed by atoms with Crippen molar-refractivity contribution < 1.29 is 17.2 Å². The van der Waals surface area contributed by atoms with E-state index in [0.717, 1.165) is 5.56 Å². The molecule has 0 aromatic heterocycles. The number of nitrogens with one attached hydrogen (secondary N) is 1. The van der Waals surface area contributed by atoms with Gasteiger partial charge in [0.25, 0.3) is 0 Å². The van der Waals surface area contributed by atoms with Crippen molar-refractivity contribution in [1.82, 2.24) is 10.2 Å². The number of amides is 2. The van der Waals surface area contributed by atoms with Gasteiger partial charge in [0.05, 0.1) is 0 Å². The lowest BCUT2D eigenvalue weighted by molar-refractivity contribution is -0.125. The number of nitrogens with two attached hydrogens (primary N) is 1. The number of likely N-dealkylation sites (N-methyl/N-ethyl adjacent to an activating group) is 1. The van der Waals surface area contributed by atoms with Crippen LogP contribution in [0, 0.1) is 0 Å². The van der Waals surface area contributed by atoms with Gasteiger partial charge in [-0.15, -0.1) is 0 Å². The van der Waals surface area contributed by atoms with Gasteiger partial charge < -0.3 is 20.7 Å². The Bertz CT molecular complexity index is 548. The minimum Gasteiger partial charge on any atom is -0.445 e. The summed E-state index contributed by atoms with van der Waals surface area (Å²) < 4.78 is 5.07. The van der Waals surface area contributed by atoms with Crippen LogP contribution in [0.2, 0.25) is 0 Å². The summed E-state index contributed by atoms with van der Waals surface area (Å²) in [5.41, 5.74) is 7.78. The van der Waals surface area contributed by atoms with E-state index in [9.17, 15) is 9.59 Å². The Morgan fingerprint density at radius 2 is 2.00 bits per heavy atom. The van der Waals surface area contributed by atoms with Crippen LogP contribution >= 0.6 is 0 Å².